The van der Waals surface area contributed by atoms with Crippen molar-refractivity contribution in [3.05, 3.63) is 107 Å². The fourth-order valence-corrected chi connectivity index (χ4v) is 6.03. The van der Waals surface area contributed by atoms with E-state index in [2.05, 4.69) is 44.3 Å². The second-order valence-corrected chi connectivity index (χ2v) is 12.1. The Bertz CT molecular complexity index is 2010. The molecule has 4 aromatic carbocycles. The van der Waals surface area contributed by atoms with E-state index in [0.717, 1.165) is 66.9 Å². The molecule has 3 N–H and O–H groups in total. The molecule has 1 amide bonds. The maximum atomic E-state index is 13.2. The van der Waals surface area contributed by atoms with Crippen molar-refractivity contribution < 1.29 is 9.90 Å². The minimum Gasteiger partial charge on any atom is -0.507 e. The topological polar surface area (TPSA) is 97.4 Å². The van der Waals surface area contributed by atoms with Gasteiger partial charge in [-0.15, -0.1) is 0 Å². The number of fused-ring (bicyclic) bond motifs is 2. The number of amides is 1. The van der Waals surface area contributed by atoms with E-state index in [1.54, 1.807) is 24.4 Å². The lowest BCUT2D eigenvalue weighted by atomic mass is 9.99. The number of nitrogens with one attached hydrogen (secondary N) is 2. The van der Waals surface area contributed by atoms with Crippen molar-refractivity contribution in [2.45, 2.75) is 6.42 Å². The predicted octanol–water partition coefficient (Wildman–Crippen LogP) is 6.85. The van der Waals surface area contributed by atoms with Crippen LogP contribution in [-0.2, 0) is 6.42 Å². The van der Waals surface area contributed by atoms with Crippen molar-refractivity contribution in [1.82, 2.24) is 24.8 Å². The highest BCUT2D eigenvalue weighted by Crippen LogP contribution is 2.36. The van der Waals surface area contributed by atoms with Crippen molar-refractivity contribution in [3.8, 4) is 28.3 Å². The summed E-state index contributed by atoms with van der Waals surface area (Å²) in [5.74, 6) is 0.410. The third kappa shape index (κ3) is 6.26. The second kappa shape index (κ2) is 12.3. The number of hydrogen-bond acceptors (Lipinski definition) is 6. The van der Waals surface area contributed by atoms with Crippen LogP contribution in [0.25, 0.3) is 44.5 Å². The molecule has 0 bridgehead atoms. The number of H-pyrrole nitrogens is 1. The van der Waals surface area contributed by atoms with Gasteiger partial charge in [0.2, 0.25) is 0 Å². The molecule has 0 aliphatic carbocycles. The van der Waals surface area contributed by atoms with Gasteiger partial charge in [0.05, 0.1) is 22.1 Å². The molecule has 6 aromatic rings. The minimum atomic E-state index is -0.201. The number of rotatable bonds is 7. The number of aromatic hydroxyl groups is 1. The zero-order valence-corrected chi connectivity index (χ0v) is 25.7. The number of aromatic nitrogens is 3. The Morgan fingerprint density at radius 3 is 2.56 bits per heavy atom. The Morgan fingerprint density at radius 2 is 1.73 bits per heavy atom. The molecule has 0 unspecified atom stereocenters. The Morgan fingerprint density at radius 1 is 0.911 bits per heavy atom. The smallest absolute Gasteiger partial charge is 0.255 e. The zero-order chi connectivity index (χ0) is 30.9. The molecular formula is C36H33ClN6O2. The Labute approximate surface area is 266 Å². The van der Waals surface area contributed by atoms with Crippen LogP contribution in [0.15, 0.2) is 91.1 Å². The van der Waals surface area contributed by atoms with E-state index >= 15 is 0 Å². The number of anilines is 1. The van der Waals surface area contributed by atoms with Gasteiger partial charge in [-0.1, -0.05) is 35.9 Å². The average Bonchev–Trinajstić information content (AvgIpc) is 3.48. The molecule has 226 valence electrons. The van der Waals surface area contributed by atoms with Gasteiger partial charge in [-0.2, -0.15) is 0 Å². The average molecular weight is 617 g/mol. The summed E-state index contributed by atoms with van der Waals surface area (Å²) in [5.41, 5.74) is 7.14. The SMILES string of the molecule is CN1CCN(CCc2ccc(NC(=O)c3ccc4nc(-c5cc(-c6ccnc7cc(Cl)ccc67)ccc5O)[nH]c4c3)cc2)CC1. The zero-order valence-electron chi connectivity index (χ0n) is 24.9. The summed E-state index contributed by atoms with van der Waals surface area (Å²) in [6, 6.07) is 26.4. The molecule has 0 atom stereocenters. The number of likely N-dealkylation sites (N-methyl/N-ethyl adjacent to an activating group) is 1. The van der Waals surface area contributed by atoms with Crippen molar-refractivity contribution >= 4 is 45.1 Å². The normalized spacial score (nSPS) is 14.3. The van der Waals surface area contributed by atoms with Crippen molar-refractivity contribution in [1.29, 1.82) is 0 Å². The van der Waals surface area contributed by atoms with E-state index in [1.807, 2.05) is 54.6 Å². The molecule has 9 heteroatoms. The standard InChI is InChI=1S/C36H33ClN6O2/c1-42-16-18-43(19-17-42)15-13-23-2-7-27(8-3-23)39-36(45)25-4-10-31-33(21-25)41-35(40-31)30-20-24(5-11-34(30)44)28-12-14-38-32-22-26(37)6-9-29(28)32/h2-12,14,20-22,44H,13,15-19H2,1H3,(H,39,45)(H,40,41). The van der Waals surface area contributed by atoms with Crippen LogP contribution in [0.1, 0.15) is 15.9 Å². The van der Waals surface area contributed by atoms with E-state index in [9.17, 15) is 9.90 Å². The first kappa shape index (κ1) is 29.0. The number of aromatic amines is 1. The Balaban J connectivity index is 1.07. The fraction of sp³-hybridized carbons (Fsp3) is 0.194. The number of benzene rings is 4. The van der Waals surface area contributed by atoms with Crippen LogP contribution >= 0.6 is 11.6 Å². The highest BCUT2D eigenvalue weighted by molar-refractivity contribution is 6.31. The number of nitrogens with zero attached hydrogens (tertiary/aromatic N) is 4. The number of piperazine rings is 1. The van der Waals surface area contributed by atoms with Crippen molar-refractivity contribution in [2.75, 3.05) is 45.1 Å². The summed E-state index contributed by atoms with van der Waals surface area (Å²) in [6.45, 7) is 5.50. The third-order valence-electron chi connectivity index (χ3n) is 8.54. The number of phenols is 1. The molecule has 0 spiro atoms. The first-order valence-electron chi connectivity index (χ1n) is 15.1. The van der Waals surface area contributed by atoms with Gasteiger partial charge in [0.15, 0.2) is 0 Å². The van der Waals surface area contributed by atoms with Crippen molar-refractivity contribution in [3.63, 3.8) is 0 Å². The van der Waals surface area contributed by atoms with E-state index in [0.29, 0.717) is 33.0 Å². The molecule has 1 aliphatic heterocycles. The number of carbonyl (C=O) groups excluding carboxylic acids is 1. The van der Waals surface area contributed by atoms with Gasteiger partial charge in [0, 0.05) is 60.6 Å². The number of imidazole rings is 1. The highest BCUT2D eigenvalue weighted by atomic mass is 35.5. The Hall–Kier alpha value is -4.76. The molecule has 2 aromatic heterocycles. The third-order valence-corrected chi connectivity index (χ3v) is 8.77. The fourth-order valence-electron chi connectivity index (χ4n) is 5.86. The first-order chi connectivity index (χ1) is 21.9. The minimum absolute atomic E-state index is 0.101. The second-order valence-electron chi connectivity index (χ2n) is 11.6. The number of halogens is 1. The summed E-state index contributed by atoms with van der Waals surface area (Å²) in [5, 5.41) is 15.4. The summed E-state index contributed by atoms with van der Waals surface area (Å²) in [4.78, 5) is 30.5. The Kier molecular flexibility index (Phi) is 7.94. The van der Waals surface area contributed by atoms with Crippen LogP contribution in [0.4, 0.5) is 5.69 Å². The van der Waals surface area contributed by atoms with E-state index in [1.165, 1.54) is 5.56 Å². The quantitative estimate of drug-likeness (QED) is 0.182. The number of carbonyl (C=O) groups is 1. The van der Waals surface area contributed by atoms with Crippen LogP contribution in [0.5, 0.6) is 5.75 Å². The van der Waals surface area contributed by atoms with Gasteiger partial charge >= 0.3 is 0 Å². The van der Waals surface area contributed by atoms with Crippen LogP contribution < -0.4 is 5.32 Å². The van der Waals surface area contributed by atoms with Gasteiger partial charge in [-0.3, -0.25) is 9.78 Å². The maximum absolute atomic E-state index is 13.2. The van der Waals surface area contributed by atoms with Gasteiger partial charge in [0.1, 0.15) is 11.6 Å². The maximum Gasteiger partial charge on any atom is 0.255 e. The van der Waals surface area contributed by atoms with Gasteiger partial charge in [0.25, 0.3) is 5.91 Å². The number of pyridine rings is 1. The largest absolute Gasteiger partial charge is 0.507 e. The summed E-state index contributed by atoms with van der Waals surface area (Å²) >= 11 is 6.18. The molecule has 0 radical (unpaired) electrons. The van der Waals surface area contributed by atoms with E-state index < -0.39 is 0 Å². The molecule has 3 heterocycles. The predicted molar refractivity (Wildman–Crippen MR) is 181 cm³/mol. The molecule has 8 nitrogen and oxygen atoms in total. The number of hydrogen-bond donors (Lipinski definition) is 3. The molecule has 45 heavy (non-hydrogen) atoms. The van der Waals surface area contributed by atoms with Crippen molar-refractivity contribution in [2.24, 2.45) is 0 Å². The monoisotopic (exact) mass is 616 g/mol. The lowest BCUT2D eigenvalue weighted by Crippen LogP contribution is -2.45. The van der Waals surface area contributed by atoms with E-state index in [4.69, 9.17) is 16.6 Å². The summed E-state index contributed by atoms with van der Waals surface area (Å²) < 4.78 is 0. The lowest BCUT2D eigenvalue weighted by Gasteiger charge is -2.32. The lowest BCUT2D eigenvalue weighted by molar-refractivity contribution is 0.102. The van der Waals surface area contributed by atoms with Crippen LogP contribution in [0.3, 0.4) is 0 Å². The molecular weight excluding hydrogens is 584 g/mol. The summed E-state index contributed by atoms with van der Waals surface area (Å²) in [6.07, 6.45) is 2.74. The molecule has 1 aliphatic rings. The van der Waals surface area contributed by atoms with E-state index in [-0.39, 0.29) is 11.7 Å². The van der Waals surface area contributed by atoms with Crippen LogP contribution in [0.2, 0.25) is 5.02 Å². The molecule has 7 rings (SSSR count). The van der Waals surface area contributed by atoms with Crippen LogP contribution in [0, 0.1) is 0 Å². The molecule has 1 saturated heterocycles. The first-order valence-corrected chi connectivity index (χ1v) is 15.5. The summed E-state index contributed by atoms with van der Waals surface area (Å²) in [7, 11) is 2.17. The molecule has 0 saturated carbocycles. The van der Waals surface area contributed by atoms with Crippen LogP contribution in [-0.4, -0.2) is 75.5 Å². The highest BCUT2D eigenvalue weighted by Gasteiger charge is 2.16. The van der Waals surface area contributed by atoms with Gasteiger partial charge in [-0.25, -0.2) is 4.98 Å². The number of phenolic OH excluding ortho intramolecular Hbond substituents is 1. The van der Waals surface area contributed by atoms with Gasteiger partial charge < -0.3 is 25.2 Å². The van der Waals surface area contributed by atoms with Gasteiger partial charge in [-0.05, 0) is 90.8 Å². The molecule has 1 fully saturated rings.